The lowest BCUT2D eigenvalue weighted by molar-refractivity contribution is 0.306. The van der Waals surface area contributed by atoms with Gasteiger partial charge in [-0.2, -0.15) is 5.26 Å². The van der Waals surface area contributed by atoms with Gasteiger partial charge in [0, 0.05) is 5.56 Å². The first-order valence-electron chi connectivity index (χ1n) is 6.96. The molecule has 6 heteroatoms. The highest BCUT2D eigenvalue weighted by atomic mass is 19.1. The van der Waals surface area contributed by atoms with Gasteiger partial charge in [0.05, 0.1) is 0 Å². The van der Waals surface area contributed by atoms with E-state index in [1.54, 1.807) is 18.2 Å². The molecule has 0 aliphatic rings. The number of aromatic amines is 1. The van der Waals surface area contributed by atoms with Crippen molar-refractivity contribution < 1.29 is 9.13 Å². The van der Waals surface area contributed by atoms with Crippen LogP contribution in [0.4, 0.5) is 4.39 Å². The second-order valence-corrected chi connectivity index (χ2v) is 5.10. The van der Waals surface area contributed by atoms with Crippen LogP contribution in [-0.4, -0.2) is 15.4 Å². The van der Waals surface area contributed by atoms with Gasteiger partial charge in [-0.3, -0.25) is 0 Å². The Kier molecular flexibility index (Phi) is 4.02. The summed E-state index contributed by atoms with van der Waals surface area (Å²) in [5, 5.41) is 19.2. The zero-order valence-corrected chi connectivity index (χ0v) is 12.4. The number of rotatable bonds is 4. The van der Waals surface area contributed by atoms with Crippen molar-refractivity contribution in [2.24, 2.45) is 0 Å². The highest BCUT2D eigenvalue weighted by Gasteiger charge is 2.11. The summed E-state index contributed by atoms with van der Waals surface area (Å²) in [6.45, 7) is 2.26. The fraction of sp³-hybridized carbons (Fsp3) is 0.118. The maximum atomic E-state index is 12.9. The number of hydrogen-bond acceptors (Lipinski definition) is 4. The van der Waals surface area contributed by atoms with Crippen LogP contribution in [0.15, 0.2) is 42.5 Å². The summed E-state index contributed by atoms with van der Waals surface area (Å²) in [4.78, 5) is 0. The SMILES string of the molecule is Cc1cc(OCc2ccc(F)cc2)cc(-c2nn[nH]c2C#N)c1. The molecule has 1 aromatic heterocycles. The fourth-order valence-corrected chi connectivity index (χ4v) is 2.22. The fourth-order valence-electron chi connectivity index (χ4n) is 2.22. The molecule has 0 radical (unpaired) electrons. The minimum atomic E-state index is -0.276. The Labute approximate surface area is 132 Å². The van der Waals surface area contributed by atoms with Crippen LogP contribution in [0.25, 0.3) is 11.3 Å². The van der Waals surface area contributed by atoms with Crippen LogP contribution >= 0.6 is 0 Å². The Balaban J connectivity index is 1.83. The molecule has 0 aliphatic carbocycles. The molecule has 3 aromatic rings. The molecule has 114 valence electrons. The maximum absolute atomic E-state index is 12.9. The predicted molar refractivity (Wildman–Crippen MR) is 82.0 cm³/mol. The van der Waals surface area contributed by atoms with E-state index in [2.05, 4.69) is 15.4 Å². The first kappa shape index (κ1) is 14.7. The van der Waals surface area contributed by atoms with E-state index in [-0.39, 0.29) is 5.82 Å². The van der Waals surface area contributed by atoms with Crippen molar-refractivity contribution in [3.05, 3.63) is 65.1 Å². The van der Waals surface area contributed by atoms with E-state index < -0.39 is 0 Å². The van der Waals surface area contributed by atoms with Gasteiger partial charge in [-0.25, -0.2) is 9.49 Å². The molecule has 0 saturated carbocycles. The molecule has 0 bridgehead atoms. The topological polar surface area (TPSA) is 74.6 Å². The molecule has 0 unspecified atom stereocenters. The molecule has 0 amide bonds. The summed E-state index contributed by atoms with van der Waals surface area (Å²) in [6, 6.07) is 13.8. The quantitative estimate of drug-likeness (QED) is 0.802. The summed E-state index contributed by atoms with van der Waals surface area (Å²) in [6.07, 6.45) is 0. The number of H-pyrrole nitrogens is 1. The summed E-state index contributed by atoms with van der Waals surface area (Å²) in [5.74, 6) is 0.373. The van der Waals surface area contributed by atoms with Gasteiger partial charge in [0.25, 0.3) is 0 Å². The van der Waals surface area contributed by atoms with Crippen LogP contribution in [0.2, 0.25) is 0 Å². The van der Waals surface area contributed by atoms with Crippen LogP contribution in [0.1, 0.15) is 16.8 Å². The van der Waals surface area contributed by atoms with E-state index in [4.69, 9.17) is 10.00 Å². The average molecular weight is 308 g/mol. The van der Waals surface area contributed by atoms with E-state index in [0.29, 0.717) is 23.7 Å². The van der Waals surface area contributed by atoms with Gasteiger partial charge in [0.15, 0.2) is 5.69 Å². The molecular formula is C17H13FN4O. The van der Waals surface area contributed by atoms with E-state index >= 15 is 0 Å². The van der Waals surface area contributed by atoms with Gasteiger partial charge < -0.3 is 4.74 Å². The first-order chi connectivity index (χ1) is 11.2. The Morgan fingerprint density at radius 2 is 2.00 bits per heavy atom. The van der Waals surface area contributed by atoms with Gasteiger partial charge in [-0.05, 0) is 48.4 Å². The number of hydrogen-bond donors (Lipinski definition) is 1. The molecule has 1 heterocycles. The van der Waals surface area contributed by atoms with E-state index in [1.807, 2.05) is 25.1 Å². The standard InChI is InChI=1S/C17H13FN4O/c1-11-6-13(17-16(9-19)20-22-21-17)8-15(7-11)23-10-12-2-4-14(18)5-3-12/h2-8H,10H2,1H3,(H,20,21,22). The van der Waals surface area contributed by atoms with Gasteiger partial charge in [0.1, 0.15) is 29.9 Å². The molecule has 0 aliphatic heterocycles. The van der Waals surface area contributed by atoms with E-state index in [0.717, 1.165) is 16.7 Å². The second kappa shape index (κ2) is 6.28. The van der Waals surface area contributed by atoms with Crippen molar-refractivity contribution in [3.8, 4) is 23.1 Å². The normalized spacial score (nSPS) is 10.3. The van der Waals surface area contributed by atoms with Crippen molar-refractivity contribution in [1.29, 1.82) is 5.26 Å². The third-order valence-electron chi connectivity index (χ3n) is 3.30. The van der Waals surface area contributed by atoms with Gasteiger partial charge in [0.2, 0.25) is 0 Å². The van der Waals surface area contributed by atoms with Crippen LogP contribution in [-0.2, 0) is 6.61 Å². The minimum absolute atomic E-state index is 0.276. The Bertz CT molecular complexity index is 865. The highest BCUT2D eigenvalue weighted by molar-refractivity contribution is 5.66. The zero-order valence-electron chi connectivity index (χ0n) is 12.4. The van der Waals surface area contributed by atoms with Crippen LogP contribution < -0.4 is 4.74 Å². The number of nitriles is 1. The maximum Gasteiger partial charge on any atom is 0.163 e. The zero-order chi connectivity index (χ0) is 16.2. The van der Waals surface area contributed by atoms with Gasteiger partial charge in [-0.1, -0.05) is 17.3 Å². The van der Waals surface area contributed by atoms with Crippen molar-refractivity contribution in [2.45, 2.75) is 13.5 Å². The molecule has 2 aromatic carbocycles. The van der Waals surface area contributed by atoms with Crippen LogP contribution in [0, 0.1) is 24.1 Å². The van der Waals surface area contributed by atoms with E-state index in [1.165, 1.54) is 12.1 Å². The van der Waals surface area contributed by atoms with Crippen molar-refractivity contribution >= 4 is 0 Å². The minimum Gasteiger partial charge on any atom is -0.489 e. The summed E-state index contributed by atoms with van der Waals surface area (Å²) in [7, 11) is 0. The Morgan fingerprint density at radius 1 is 1.22 bits per heavy atom. The number of benzene rings is 2. The third kappa shape index (κ3) is 3.35. The molecule has 23 heavy (non-hydrogen) atoms. The number of nitrogens with zero attached hydrogens (tertiary/aromatic N) is 3. The number of aryl methyl sites for hydroxylation is 1. The lowest BCUT2D eigenvalue weighted by Gasteiger charge is -2.09. The summed E-state index contributed by atoms with van der Waals surface area (Å²) >= 11 is 0. The molecule has 0 fully saturated rings. The molecule has 0 atom stereocenters. The number of aromatic nitrogens is 3. The van der Waals surface area contributed by atoms with Gasteiger partial charge >= 0.3 is 0 Å². The second-order valence-electron chi connectivity index (χ2n) is 5.10. The number of nitrogens with one attached hydrogen (secondary N) is 1. The van der Waals surface area contributed by atoms with Gasteiger partial charge in [-0.15, -0.1) is 5.10 Å². The van der Waals surface area contributed by atoms with Crippen molar-refractivity contribution in [2.75, 3.05) is 0 Å². The predicted octanol–water partition coefficient (Wildman–Crippen LogP) is 3.37. The molecular weight excluding hydrogens is 295 g/mol. The number of ether oxygens (including phenoxy) is 1. The lowest BCUT2D eigenvalue weighted by Crippen LogP contribution is -1.96. The molecule has 3 rings (SSSR count). The average Bonchev–Trinajstić information content (AvgIpc) is 3.02. The largest absolute Gasteiger partial charge is 0.489 e. The highest BCUT2D eigenvalue weighted by Crippen LogP contribution is 2.26. The smallest absolute Gasteiger partial charge is 0.163 e. The first-order valence-corrected chi connectivity index (χ1v) is 6.96. The van der Waals surface area contributed by atoms with Crippen LogP contribution in [0.3, 0.4) is 0 Å². The monoisotopic (exact) mass is 308 g/mol. The van der Waals surface area contributed by atoms with Crippen molar-refractivity contribution in [1.82, 2.24) is 15.4 Å². The van der Waals surface area contributed by atoms with Crippen LogP contribution in [0.5, 0.6) is 5.75 Å². The number of halogens is 1. The van der Waals surface area contributed by atoms with Crippen molar-refractivity contribution in [3.63, 3.8) is 0 Å². The summed E-state index contributed by atoms with van der Waals surface area (Å²) in [5.41, 5.74) is 3.39. The molecule has 0 spiro atoms. The van der Waals surface area contributed by atoms with E-state index in [9.17, 15) is 4.39 Å². The lowest BCUT2D eigenvalue weighted by atomic mass is 10.1. The summed E-state index contributed by atoms with van der Waals surface area (Å²) < 4.78 is 18.7. The third-order valence-corrected chi connectivity index (χ3v) is 3.30. The Hall–Kier alpha value is -3.20. The molecule has 5 nitrogen and oxygen atoms in total. The molecule has 1 N–H and O–H groups in total. The Morgan fingerprint density at radius 3 is 2.74 bits per heavy atom. The molecule has 0 saturated heterocycles.